The van der Waals surface area contributed by atoms with Crippen LogP contribution in [0.25, 0.3) is 0 Å². The number of carbonyl (C=O) groups is 2. The Morgan fingerprint density at radius 1 is 1.17 bits per heavy atom. The number of halogens is 3. The molecule has 11 heteroatoms. The SMILES string of the molecule is CC(=O)OC[C@@H](NC(=O)OCc1ccccc1)C(C)(C)c1noc(C(F)(F)F)n1. The molecule has 0 spiro atoms. The van der Waals surface area contributed by atoms with Gasteiger partial charge in [-0.25, -0.2) is 4.79 Å². The first kappa shape index (κ1) is 22.2. The van der Waals surface area contributed by atoms with Crippen LogP contribution in [0.1, 0.15) is 38.0 Å². The molecule has 0 bridgehead atoms. The van der Waals surface area contributed by atoms with Gasteiger partial charge in [0.25, 0.3) is 0 Å². The second-order valence-corrected chi connectivity index (χ2v) is 6.70. The van der Waals surface area contributed by atoms with Crippen LogP contribution in [0.4, 0.5) is 18.0 Å². The number of nitrogens with zero attached hydrogens (tertiary/aromatic N) is 2. The molecule has 1 aromatic heterocycles. The lowest BCUT2D eigenvalue weighted by molar-refractivity contribution is -0.159. The highest BCUT2D eigenvalue weighted by atomic mass is 19.4. The molecular weight excluding hydrogens is 395 g/mol. The Labute approximate surface area is 164 Å². The van der Waals surface area contributed by atoms with Crippen LogP contribution < -0.4 is 5.32 Å². The van der Waals surface area contributed by atoms with Crippen molar-refractivity contribution in [1.82, 2.24) is 15.5 Å². The summed E-state index contributed by atoms with van der Waals surface area (Å²) in [6, 6.07) is 7.88. The molecular formula is C18H20F3N3O5. The van der Waals surface area contributed by atoms with E-state index in [2.05, 4.69) is 20.0 Å². The largest absolute Gasteiger partial charge is 0.471 e. The Morgan fingerprint density at radius 3 is 2.38 bits per heavy atom. The summed E-state index contributed by atoms with van der Waals surface area (Å²) < 4.78 is 52.6. The lowest BCUT2D eigenvalue weighted by atomic mass is 9.84. The van der Waals surface area contributed by atoms with Crippen LogP contribution in [-0.4, -0.2) is 34.9 Å². The topological polar surface area (TPSA) is 104 Å². The fraction of sp³-hybridized carbons (Fsp3) is 0.444. The number of amides is 1. The number of alkyl carbamates (subject to hydrolysis) is 1. The molecule has 0 unspecified atom stereocenters. The first-order valence-corrected chi connectivity index (χ1v) is 8.52. The average Bonchev–Trinajstić information content (AvgIpc) is 3.15. The molecule has 0 aliphatic heterocycles. The van der Waals surface area contributed by atoms with E-state index in [1.165, 1.54) is 13.8 Å². The molecule has 1 atom stereocenters. The zero-order valence-electron chi connectivity index (χ0n) is 15.9. The lowest BCUT2D eigenvalue weighted by Gasteiger charge is -2.31. The zero-order chi connectivity index (χ0) is 21.7. The highest BCUT2D eigenvalue weighted by Gasteiger charge is 2.43. The quantitative estimate of drug-likeness (QED) is 0.693. The molecule has 1 N–H and O–H groups in total. The normalized spacial score (nSPS) is 12.9. The van der Waals surface area contributed by atoms with Crippen molar-refractivity contribution in [3.05, 3.63) is 47.6 Å². The smallest absolute Gasteiger partial charge is 0.464 e. The molecule has 0 radical (unpaired) electrons. The Bertz CT molecular complexity index is 837. The third-order valence-corrected chi connectivity index (χ3v) is 4.07. The molecule has 8 nitrogen and oxygen atoms in total. The summed E-state index contributed by atoms with van der Waals surface area (Å²) in [5, 5.41) is 5.85. The van der Waals surface area contributed by atoms with Gasteiger partial charge >= 0.3 is 24.1 Å². The van der Waals surface area contributed by atoms with Gasteiger partial charge in [-0.15, -0.1) is 0 Å². The molecule has 1 aromatic carbocycles. The van der Waals surface area contributed by atoms with E-state index in [1.807, 2.05) is 0 Å². The number of rotatable bonds is 7. The Balaban J connectivity index is 2.13. The summed E-state index contributed by atoms with van der Waals surface area (Å²) in [4.78, 5) is 26.7. The number of aromatic nitrogens is 2. The fourth-order valence-electron chi connectivity index (χ4n) is 2.29. The zero-order valence-corrected chi connectivity index (χ0v) is 15.9. The summed E-state index contributed by atoms with van der Waals surface area (Å²) >= 11 is 0. The van der Waals surface area contributed by atoms with E-state index in [1.54, 1.807) is 30.3 Å². The summed E-state index contributed by atoms with van der Waals surface area (Å²) in [5.74, 6) is -2.46. The maximum atomic E-state index is 12.8. The predicted octanol–water partition coefficient (Wildman–Crippen LogP) is 3.22. The third kappa shape index (κ3) is 6.19. The highest BCUT2D eigenvalue weighted by molar-refractivity contribution is 5.68. The molecule has 0 aliphatic carbocycles. The van der Waals surface area contributed by atoms with Crippen molar-refractivity contribution < 1.29 is 36.8 Å². The molecule has 0 fully saturated rings. The van der Waals surface area contributed by atoms with E-state index in [0.717, 1.165) is 12.5 Å². The van der Waals surface area contributed by atoms with Gasteiger partial charge in [-0.2, -0.15) is 18.2 Å². The van der Waals surface area contributed by atoms with Crippen LogP contribution >= 0.6 is 0 Å². The van der Waals surface area contributed by atoms with Gasteiger partial charge in [0.1, 0.15) is 13.2 Å². The number of benzene rings is 1. The Hall–Kier alpha value is -3.11. The maximum absolute atomic E-state index is 12.8. The molecule has 2 rings (SSSR count). The van der Waals surface area contributed by atoms with Gasteiger partial charge in [0.2, 0.25) is 0 Å². The molecule has 158 valence electrons. The second kappa shape index (κ2) is 8.93. The number of hydrogen-bond donors (Lipinski definition) is 1. The van der Waals surface area contributed by atoms with E-state index in [-0.39, 0.29) is 19.0 Å². The summed E-state index contributed by atoms with van der Waals surface area (Å²) in [5.41, 5.74) is -0.541. The molecule has 29 heavy (non-hydrogen) atoms. The minimum absolute atomic E-state index is 0.0200. The fourth-order valence-corrected chi connectivity index (χ4v) is 2.29. The van der Waals surface area contributed by atoms with Gasteiger partial charge in [-0.3, -0.25) is 4.79 Å². The van der Waals surface area contributed by atoms with Gasteiger partial charge in [-0.1, -0.05) is 49.3 Å². The Kier molecular flexibility index (Phi) is 6.83. The highest BCUT2D eigenvalue weighted by Crippen LogP contribution is 2.31. The van der Waals surface area contributed by atoms with Crippen molar-refractivity contribution >= 4 is 12.1 Å². The number of ether oxygens (including phenoxy) is 2. The van der Waals surface area contributed by atoms with E-state index in [4.69, 9.17) is 9.47 Å². The van der Waals surface area contributed by atoms with Gasteiger partial charge in [0, 0.05) is 6.92 Å². The first-order valence-electron chi connectivity index (χ1n) is 8.52. The second-order valence-electron chi connectivity index (χ2n) is 6.70. The van der Waals surface area contributed by atoms with Crippen molar-refractivity contribution in [2.45, 2.75) is 45.0 Å². The van der Waals surface area contributed by atoms with Gasteiger partial charge in [-0.05, 0) is 5.56 Å². The van der Waals surface area contributed by atoms with Crippen molar-refractivity contribution in [2.75, 3.05) is 6.61 Å². The predicted molar refractivity (Wildman–Crippen MR) is 92.5 cm³/mol. The van der Waals surface area contributed by atoms with Crippen LogP contribution in [0.3, 0.4) is 0 Å². The molecule has 0 aliphatic rings. The van der Waals surface area contributed by atoms with E-state index in [9.17, 15) is 22.8 Å². The number of hydrogen-bond acceptors (Lipinski definition) is 7. The molecule has 2 aromatic rings. The summed E-state index contributed by atoms with van der Waals surface area (Å²) in [6.07, 6.45) is -5.66. The van der Waals surface area contributed by atoms with Crippen LogP contribution in [0, 0.1) is 0 Å². The minimum Gasteiger partial charge on any atom is -0.464 e. The average molecular weight is 415 g/mol. The molecule has 1 amide bonds. The number of nitrogens with one attached hydrogen (secondary N) is 1. The minimum atomic E-state index is -4.81. The van der Waals surface area contributed by atoms with Crippen molar-refractivity contribution in [3.8, 4) is 0 Å². The van der Waals surface area contributed by atoms with Crippen molar-refractivity contribution in [2.24, 2.45) is 0 Å². The van der Waals surface area contributed by atoms with Crippen molar-refractivity contribution in [3.63, 3.8) is 0 Å². The molecule has 0 saturated carbocycles. The number of esters is 1. The summed E-state index contributed by atoms with van der Waals surface area (Å²) in [6.45, 7) is 3.76. The first-order chi connectivity index (χ1) is 13.5. The van der Waals surface area contributed by atoms with Crippen LogP contribution in [0.2, 0.25) is 0 Å². The summed E-state index contributed by atoms with van der Waals surface area (Å²) in [7, 11) is 0. The monoisotopic (exact) mass is 415 g/mol. The van der Waals surface area contributed by atoms with Gasteiger partial charge < -0.3 is 19.3 Å². The van der Waals surface area contributed by atoms with Crippen molar-refractivity contribution in [1.29, 1.82) is 0 Å². The molecule has 1 heterocycles. The number of alkyl halides is 3. The van der Waals surface area contributed by atoms with Crippen LogP contribution in [-0.2, 0) is 32.5 Å². The van der Waals surface area contributed by atoms with Crippen LogP contribution in [0.15, 0.2) is 34.9 Å². The van der Waals surface area contributed by atoms with E-state index < -0.39 is 35.6 Å². The van der Waals surface area contributed by atoms with E-state index in [0.29, 0.717) is 0 Å². The third-order valence-electron chi connectivity index (χ3n) is 4.07. The lowest BCUT2D eigenvalue weighted by Crippen LogP contribution is -2.51. The standard InChI is InChI=1S/C18H20F3N3O5/c1-11(25)27-10-13(22-16(26)28-9-12-7-5-4-6-8-12)17(2,3)14-23-15(29-24-14)18(19,20)21/h4-8,13H,9-10H2,1-3H3,(H,22,26)/t13-/m1/s1. The molecule has 0 saturated heterocycles. The number of carbonyl (C=O) groups excluding carboxylic acids is 2. The van der Waals surface area contributed by atoms with Gasteiger partial charge in [0.05, 0.1) is 11.5 Å². The van der Waals surface area contributed by atoms with Gasteiger partial charge in [0.15, 0.2) is 5.82 Å². The van der Waals surface area contributed by atoms with Crippen LogP contribution in [0.5, 0.6) is 0 Å². The van der Waals surface area contributed by atoms with E-state index >= 15 is 0 Å². The maximum Gasteiger partial charge on any atom is 0.471 e. The Morgan fingerprint density at radius 2 is 1.83 bits per heavy atom.